The summed E-state index contributed by atoms with van der Waals surface area (Å²) in [7, 11) is 0. The first-order valence-corrected chi connectivity index (χ1v) is 6.02. The van der Waals surface area contributed by atoms with Crippen molar-refractivity contribution in [2.45, 2.75) is 51.0 Å². The third kappa shape index (κ3) is 2.17. The van der Waals surface area contributed by atoms with E-state index in [0.717, 1.165) is 19.3 Å². The first kappa shape index (κ1) is 10.9. The Labute approximate surface area is 90.8 Å². The van der Waals surface area contributed by atoms with Gasteiger partial charge in [-0.15, -0.1) is 0 Å². The third-order valence-corrected chi connectivity index (χ3v) is 3.87. The lowest BCUT2D eigenvalue weighted by Crippen LogP contribution is -2.49. The molecule has 2 fully saturated rings. The second kappa shape index (κ2) is 4.12. The molecule has 0 radical (unpaired) electrons. The van der Waals surface area contributed by atoms with Crippen molar-refractivity contribution in [2.75, 3.05) is 6.61 Å². The average Bonchev–Trinajstić information content (AvgIpc) is 3.00. The Bertz CT molecular complexity index is 247. The molecule has 0 aromatic heterocycles. The Morgan fingerprint density at radius 1 is 1.40 bits per heavy atom. The van der Waals surface area contributed by atoms with E-state index >= 15 is 0 Å². The quantitative estimate of drug-likeness (QED) is 0.778. The van der Waals surface area contributed by atoms with Gasteiger partial charge in [-0.1, -0.05) is 13.3 Å². The number of rotatable bonds is 4. The minimum absolute atomic E-state index is 0.155. The predicted molar refractivity (Wildman–Crippen MR) is 56.7 cm³/mol. The van der Waals surface area contributed by atoms with E-state index < -0.39 is 11.6 Å². The monoisotopic (exact) mass is 212 g/mol. The summed E-state index contributed by atoms with van der Waals surface area (Å²) in [6.45, 7) is 2.66. The van der Waals surface area contributed by atoms with Crippen LogP contribution in [-0.2, 0) is 9.53 Å². The average molecular weight is 212 g/mol. The van der Waals surface area contributed by atoms with Gasteiger partial charge in [0.25, 0.3) is 0 Å². The summed E-state index contributed by atoms with van der Waals surface area (Å²) in [5.74, 6) is 0.0354. The fourth-order valence-electron chi connectivity index (χ4n) is 2.46. The lowest BCUT2D eigenvalue weighted by atomic mass is 9.76. The molecule has 3 heteroatoms. The number of hydrogen-bond donors (Lipinski definition) is 1. The maximum Gasteiger partial charge on any atom is 0.336 e. The molecule has 3 nitrogen and oxygen atoms in total. The molecule has 0 bridgehead atoms. The van der Waals surface area contributed by atoms with E-state index in [1.54, 1.807) is 0 Å². The first-order valence-electron chi connectivity index (χ1n) is 6.02. The molecule has 1 N–H and O–H groups in total. The molecule has 2 aliphatic rings. The summed E-state index contributed by atoms with van der Waals surface area (Å²) in [5, 5.41) is 9.37. The van der Waals surface area contributed by atoms with Crippen molar-refractivity contribution in [3.63, 3.8) is 0 Å². The molecule has 2 aliphatic carbocycles. The van der Waals surface area contributed by atoms with E-state index in [1.807, 2.05) is 6.92 Å². The maximum absolute atomic E-state index is 11.4. The molecule has 0 heterocycles. The number of aliphatic carboxylic acids is 1. The Balaban J connectivity index is 2.02. The van der Waals surface area contributed by atoms with Crippen molar-refractivity contribution < 1.29 is 14.6 Å². The van der Waals surface area contributed by atoms with Crippen LogP contribution in [0.3, 0.4) is 0 Å². The van der Waals surface area contributed by atoms with Crippen LogP contribution in [0.25, 0.3) is 0 Å². The zero-order valence-corrected chi connectivity index (χ0v) is 9.37. The van der Waals surface area contributed by atoms with Crippen molar-refractivity contribution in [1.82, 2.24) is 0 Å². The lowest BCUT2D eigenvalue weighted by Gasteiger charge is -2.38. The van der Waals surface area contributed by atoms with E-state index in [4.69, 9.17) is 4.74 Å². The molecule has 0 aromatic carbocycles. The van der Waals surface area contributed by atoms with Gasteiger partial charge >= 0.3 is 5.97 Å². The number of carboxylic acid groups (broad SMARTS) is 1. The van der Waals surface area contributed by atoms with Gasteiger partial charge in [-0.25, -0.2) is 4.79 Å². The van der Waals surface area contributed by atoms with Gasteiger partial charge in [0, 0.05) is 0 Å². The Kier molecular flexibility index (Phi) is 3.01. The third-order valence-electron chi connectivity index (χ3n) is 3.87. The van der Waals surface area contributed by atoms with Crippen LogP contribution < -0.4 is 0 Å². The zero-order chi connectivity index (χ0) is 10.9. The summed E-state index contributed by atoms with van der Waals surface area (Å²) in [5.41, 5.74) is -0.874. The summed E-state index contributed by atoms with van der Waals surface area (Å²) in [6.07, 6.45) is 6.23. The van der Waals surface area contributed by atoms with Crippen LogP contribution in [0.15, 0.2) is 0 Å². The fraction of sp³-hybridized carbons (Fsp3) is 0.917. The van der Waals surface area contributed by atoms with Crippen LogP contribution in [0.4, 0.5) is 0 Å². The highest BCUT2D eigenvalue weighted by Gasteiger charge is 2.47. The van der Waals surface area contributed by atoms with E-state index in [1.165, 1.54) is 12.8 Å². The molecule has 86 valence electrons. The standard InChI is InChI=1S/C12H20O3/c1-9-4-2-3-7-12(9,11(13)14)15-8-10-5-6-10/h9-10H,2-8H2,1H3,(H,13,14). The van der Waals surface area contributed by atoms with Crippen molar-refractivity contribution in [1.29, 1.82) is 0 Å². The highest BCUT2D eigenvalue weighted by atomic mass is 16.5. The molecule has 0 amide bonds. The smallest absolute Gasteiger partial charge is 0.336 e. The number of carboxylic acids is 1. The first-order chi connectivity index (χ1) is 7.15. The van der Waals surface area contributed by atoms with E-state index in [-0.39, 0.29) is 5.92 Å². The van der Waals surface area contributed by atoms with Crippen LogP contribution in [0.2, 0.25) is 0 Å². The van der Waals surface area contributed by atoms with Gasteiger partial charge in [0.2, 0.25) is 0 Å². The SMILES string of the molecule is CC1CCCCC1(OCC1CC1)C(=O)O. The largest absolute Gasteiger partial charge is 0.479 e. The minimum Gasteiger partial charge on any atom is -0.479 e. The van der Waals surface area contributed by atoms with Crippen molar-refractivity contribution in [2.24, 2.45) is 11.8 Å². The van der Waals surface area contributed by atoms with Gasteiger partial charge in [-0.05, 0) is 43.9 Å². The molecule has 0 aromatic rings. The Morgan fingerprint density at radius 3 is 2.67 bits per heavy atom. The van der Waals surface area contributed by atoms with Gasteiger partial charge in [0.15, 0.2) is 5.60 Å². The summed E-state index contributed by atoms with van der Waals surface area (Å²) < 4.78 is 5.77. The molecule has 0 spiro atoms. The van der Waals surface area contributed by atoms with Crippen LogP contribution in [0.5, 0.6) is 0 Å². The van der Waals surface area contributed by atoms with E-state index in [2.05, 4.69) is 0 Å². The Hall–Kier alpha value is -0.570. The van der Waals surface area contributed by atoms with Gasteiger partial charge in [0.05, 0.1) is 6.61 Å². The second-order valence-corrected chi connectivity index (χ2v) is 5.10. The second-order valence-electron chi connectivity index (χ2n) is 5.10. The number of carbonyl (C=O) groups is 1. The number of hydrogen-bond acceptors (Lipinski definition) is 2. The van der Waals surface area contributed by atoms with Crippen LogP contribution in [-0.4, -0.2) is 23.3 Å². The highest BCUT2D eigenvalue weighted by Crippen LogP contribution is 2.39. The minimum atomic E-state index is -0.874. The van der Waals surface area contributed by atoms with Crippen molar-refractivity contribution in [3.05, 3.63) is 0 Å². The van der Waals surface area contributed by atoms with Crippen LogP contribution >= 0.6 is 0 Å². The molecule has 15 heavy (non-hydrogen) atoms. The zero-order valence-electron chi connectivity index (χ0n) is 9.37. The van der Waals surface area contributed by atoms with Crippen LogP contribution in [0.1, 0.15) is 45.4 Å². The highest BCUT2D eigenvalue weighted by molar-refractivity contribution is 5.78. The molecule has 2 unspecified atom stereocenters. The van der Waals surface area contributed by atoms with Crippen LogP contribution in [0, 0.1) is 11.8 Å². The molecule has 2 rings (SSSR count). The van der Waals surface area contributed by atoms with Gasteiger partial charge in [-0.3, -0.25) is 0 Å². The van der Waals surface area contributed by atoms with Crippen molar-refractivity contribution in [3.8, 4) is 0 Å². The van der Waals surface area contributed by atoms with Gasteiger partial charge < -0.3 is 9.84 Å². The lowest BCUT2D eigenvalue weighted by molar-refractivity contribution is -0.180. The summed E-state index contributed by atoms with van der Waals surface area (Å²) in [6, 6.07) is 0. The fourth-order valence-corrected chi connectivity index (χ4v) is 2.46. The molecule has 0 aliphatic heterocycles. The Morgan fingerprint density at radius 2 is 2.13 bits per heavy atom. The topological polar surface area (TPSA) is 46.5 Å². The van der Waals surface area contributed by atoms with Crippen molar-refractivity contribution >= 4 is 5.97 Å². The summed E-state index contributed by atoms with van der Waals surface area (Å²) in [4.78, 5) is 11.4. The number of ether oxygens (including phenoxy) is 1. The van der Waals surface area contributed by atoms with E-state index in [9.17, 15) is 9.90 Å². The predicted octanol–water partition coefficient (Wildman–Crippen LogP) is 2.45. The normalized spacial score (nSPS) is 36.5. The van der Waals surface area contributed by atoms with E-state index in [0.29, 0.717) is 18.9 Å². The molecule has 0 saturated heterocycles. The molecular weight excluding hydrogens is 192 g/mol. The van der Waals surface area contributed by atoms with Gasteiger partial charge in [-0.2, -0.15) is 0 Å². The molecular formula is C12H20O3. The van der Waals surface area contributed by atoms with Gasteiger partial charge in [0.1, 0.15) is 0 Å². The summed E-state index contributed by atoms with van der Waals surface area (Å²) >= 11 is 0. The molecule has 2 saturated carbocycles. The molecule has 2 atom stereocenters. The maximum atomic E-state index is 11.4.